The Kier molecular flexibility index (Phi) is 5.36. The molecule has 9 heteroatoms. The lowest BCUT2D eigenvalue weighted by molar-refractivity contribution is 0.101. The third-order valence-corrected chi connectivity index (χ3v) is 7.49. The SMILES string of the molecule is CC(=O)c1c(C)c2cnc(Nc3ccc4c(ccn4C4CCNC4)n3)nc2n(C2CCCC2)c1=O. The Hall–Kier alpha value is -3.59. The maximum atomic E-state index is 13.4. The average molecular weight is 472 g/mol. The van der Waals surface area contributed by atoms with E-state index in [0.717, 1.165) is 61.6 Å². The van der Waals surface area contributed by atoms with Crippen LogP contribution in [0.25, 0.3) is 22.1 Å². The van der Waals surface area contributed by atoms with Gasteiger partial charge in [0, 0.05) is 36.4 Å². The number of pyridine rings is 2. The first-order valence-corrected chi connectivity index (χ1v) is 12.4. The molecule has 1 atom stereocenters. The van der Waals surface area contributed by atoms with Gasteiger partial charge in [0.2, 0.25) is 5.95 Å². The zero-order chi connectivity index (χ0) is 24.1. The minimum absolute atomic E-state index is 0.0470. The van der Waals surface area contributed by atoms with E-state index in [1.807, 2.05) is 12.1 Å². The molecule has 0 aromatic carbocycles. The van der Waals surface area contributed by atoms with Crippen LogP contribution in [0.1, 0.15) is 67.0 Å². The van der Waals surface area contributed by atoms with Crippen molar-refractivity contribution in [3.05, 3.63) is 52.1 Å². The number of aryl methyl sites for hydroxylation is 1. The van der Waals surface area contributed by atoms with Crippen molar-refractivity contribution in [1.82, 2.24) is 29.4 Å². The Bertz CT molecular complexity index is 1510. The van der Waals surface area contributed by atoms with Crippen molar-refractivity contribution in [1.29, 1.82) is 0 Å². The van der Waals surface area contributed by atoms with E-state index in [0.29, 0.717) is 29.0 Å². The highest BCUT2D eigenvalue weighted by Crippen LogP contribution is 2.32. The van der Waals surface area contributed by atoms with E-state index in [9.17, 15) is 9.59 Å². The number of nitrogens with zero attached hydrogens (tertiary/aromatic N) is 5. The lowest BCUT2D eigenvalue weighted by Crippen LogP contribution is -2.30. The molecule has 4 aromatic rings. The maximum Gasteiger partial charge on any atom is 0.263 e. The standard InChI is InChI=1S/C26H29N7O2/c1-15-19-14-28-26(31-24(19)33(17-5-3-4-6-17)25(35)23(15)16(2)34)30-22-8-7-21-20(29-22)10-12-32(21)18-9-11-27-13-18/h7-8,10,12,14,17-18,27H,3-6,9,11,13H2,1-2H3,(H,28,29,30,31). The van der Waals surface area contributed by atoms with Gasteiger partial charge in [-0.1, -0.05) is 12.8 Å². The molecule has 2 N–H and O–H groups in total. The molecule has 1 saturated carbocycles. The third kappa shape index (κ3) is 3.70. The first-order valence-electron chi connectivity index (χ1n) is 12.4. The van der Waals surface area contributed by atoms with E-state index in [4.69, 9.17) is 9.97 Å². The summed E-state index contributed by atoms with van der Waals surface area (Å²) in [6, 6.07) is 6.54. The van der Waals surface area contributed by atoms with Crippen molar-refractivity contribution >= 4 is 39.6 Å². The van der Waals surface area contributed by atoms with Crippen molar-refractivity contribution in [3.8, 4) is 0 Å². The normalized spacial score (nSPS) is 18.6. The van der Waals surface area contributed by atoms with Gasteiger partial charge in [-0.25, -0.2) is 9.97 Å². The van der Waals surface area contributed by atoms with Crippen molar-refractivity contribution in [2.45, 2.75) is 58.0 Å². The predicted octanol–water partition coefficient (Wildman–Crippen LogP) is 4.05. The molecule has 5 heterocycles. The van der Waals surface area contributed by atoms with Crippen LogP contribution in [0.5, 0.6) is 0 Å². The van der Waals surface area contributed by atoms with Gasteiger partial charge in [-0.2, -0.15) is 4.98 Å². The first-order chi connectivity index (χ1) is 17.0. The van der Waals surface area contributed by atoms with E-state index in [-0.39, 0.29) is 22.9 Å². The topological polar surface area (TPSA) is 107 Å². The second-order valence-corrected chi connectivity index (χ2v) is 9.70. The lowest BCUT2D eigenvalue weighted by atomic mass is 10.0. The van der Waals surface area contributed by atoms with Crippen LogP contribution in [0.2, 0.25) is 0 Å². The summed E-state index contributed by atoms with van der Waals surface area (Å²) in [4.78, 5) is 39.8. The Morgan fingerprint density at radius 2 is 1.94 bits per heavy atom. The molecule has 1 unspecified atom stereocenters. The molecular weight excluding hydrogens is 442 g/mol. The fourth-order valence-corrected chi connectivity index (χ4v) is 5.73. The zero-order valence-electron chi connectivity index (χ0n) is 20.0. The summed E-state index contributed by atoms with van der Waals surface area (Å²) in [5, 5.41) is 7.37. The van der Waals surface area contributed by atoms with Crippen LogP contribution in [0.3, 0.4) is 0 Å². The highest BCUT2D eigenvalue weighted by molar-refractivity contribution is 5.99. The minimum Gasteiger partial charge on any atom is -0.342 e. The van der Waals surface area contributed by atoms with Gasteiger partial charge >= 0.3 is 0 Å². The van der Waals surface area contributed by atoms with E-state index in [1.165, 1.54) is 6.92 Å². The van der Waals surface area contributed by atoms with Gasteiger partial charge < -0.3 is 15.2 Å². The number of carbonyl (C=O) groups is 1. The number of Topliss-reactive ketones (excluding diaryl/α,β-unsaturated/α-hetero) is 1. The average Bonchev–Trinajstić information content (AvgIpc) is 3.60. The number of ketones is 1. The predicted molar refractivity (Wildman–Crippen MR) is 136 cm³/mol. The molecule has 4 aromatic heterocycles. The van der Waals surface area contributed by atoms with Gasteiger partial charge in [0.1, 0.15) is 11.5 Å². The highest BCUT2D eigenvalue weighted by Gasteiger charge is 2.26. The molecule has 0 bridgehead atoms. The van der Waals surface area contributed by atoms with Crippen LogP contribution in [0, 0.1) is 6.92 Å². The van der Waals surface area contributed by atoms with Crippen LogP contribution < -0.4 is 16.2 Å². The smallest absolute Gasteiger partial charge is 0.263 e. The minimum atomic E-state index is -0.249. The molecule has 0 amide bonds. The van der Waals surface area contributed by atoms with Crippen LogP contribution in [-0.2, 0) is 0 Å². The summed E-state index contributed by atoms with van der Waals surface area (Å²) in [6.07, 6.45) is 8.88. The van der Waals surface area contributed by atoms with Crippen molar-refractivity contribution in [2.75, 3.05) is 18.4 Å². The van der Waals surface area contributed by atoms with Gasteiger partial charge in [-0.05, 0) is 63.4 Å². The molecule has 6 rings (SSSR count). The van der Waals surface area contributed by atoms with Crippen molar-refractivity contribution in [2.24, 2.45) is 0 Å². The lowest BCUT2D eigenvalue weighted by Gasteiger charge is -2.19. The van der Waals surface area contributed by atoms with E-state index >= 15 is 0 Å². The van der Waals surface area contributed by atoms with Gasteiger partial charge in [0.25, 0.3) is 5.56 Å². The summed E-state index contributed by atoms with van der Waals surface area (Å²) in [7, 11) is 0. The first kappa shape index (κ1) is 21.9. The van der Waals surface area contributed by atoms with Gasteiger partial charge in [-0.15, -0.1) is 0 Å². The Morgan fingerprint density at radius 1 is 1.11 bits per heavy atom. The molecule has 180 valence electrons. The number of hydrogen-bond acceptors (Lipinski definition) is 7. The van der Waals surface area contributed by atoms with E-state index in [1.54, 1.807) is 17.7 Å². The molecule has 0 spiro atoms. The molecule has 1 aliphatic carbocycles. The van der Waals surface area contributed by atoms with Gasteiger partial charge in [-0.3, -0.25) is 14.2 Å². The van der Waals surface area contributed by atoms with Crippen LogP contribution in [-0.4, -0.2) is 43.0 Å². The molecule has 2 aliphatic rings. The number of aromatic nitrogens is 5. The zero-order valence-corrected chi connectivity index (χ0v) is 20.0. The number of fused-ring (bicyclic) bond motifs is 2. The number of anilines is 2. The molecular formula is C26H29N7O2. The fraction of sp³-hybridized carbons (Fsp3) is 0.423. The maximum absolute atomic E-state index is 13.4. The monoisotopic (exact) mass is 471 g/mol. The summed E-state index contributed by atoms with van der Waals surface area (Å²) in [5.41, 5.74) is 3.21. The largest absolute Gasteiger partial charge is 0.342 e. The molecule has 35 heavy (non-hydrogen) atoms. The number of rotatable bonds is 5. The summed E-state index contributed by atoms with van der Waals surface area (Å²) in [5.74, 6) is 0.803. The summed E-state index contributed by atoms with van der Waals surface area (Å²) >= 11 is 0. The molecule has 2 fully saturated rings. The van der Waals surface area contributed by atoms with Gasteiger partial charge in [0.15, 0.2) is 5.78 Å². The number of carbonyl (C=O) groups excluding carboxylic acids is 1. The van der Waals surface area contributed by atoms with Crippen LogP contribution >= 0.6 is 0 Å². The van der Waals surface area contributed by atoms with Crippen LogP contribution in [0.4, 0.5) is 11.8 Å². The van der Waals surface area contributed by atoms with Crippen LogP contribution in [0.15, 0.2) is 35.4 Å². The van der Waals surface area contributed by atoms with Crippen molar-refractivity contribution < 1.29 is 4.79 Å². The third-order valence-electron chi connectivity index (χ3n) is 7.49. The highest BCUT2D eigenvalue weighted by atomic mass is 16.1. The van der Waals surface area contributed by atoms with E-state index in [2.05, 4.69) is 32.4 Å². The van der Waals surface area contributed by atoms with E-state index < -0.39 is 0 Å². The summed E-state index contributed by atoms with van der Waals surface area (Å²) in [6.45, 7) is 5.26. The summed E-state index contributed by atoms with van der Waals surface area (Å²) < 4.78 is 4.01. The molecule has 0 radical (unpaired) electrons. The Balaban J connectivity index is 1.40. The Morgan fingerprint density at radius 3 is 2.69 bits per heavy atom. The quantitative estimate of drug-likeness (QED) is 0.423. The number of nitrogens with one attached hydrogen (secondary N) is 2. The fourth-order valence-electron chi connectivity index (χ4n) is 5.73. The Labute approximate surface area is 202 Å². The van der Waals surface area contributed by atoms with Gasteiger partial charge in [0.05, 0.1) is 16.6 Å². The number of hydrogen-bond donors (Lipinski definition) is 2. The molecule has 1 saturated heterocycles. The molecule has 1 aliphatic heterocycles. The molecule has 9 nitrogen and oxygen atoms in total. The second kappa shape index (κ2) is 8.57. The second-order valence-electron chi connectivity index (χ2n) is 9.70. The van der Waals surface area contributed by atoms with Crippen molar-refractivity contribution in [3.63, 3.8) is 0 Å².